The number of rotatable bonds is 5. The number of aromatic nitrogens is 2. The molecule has 1 aromatic heterocycles. The van der Waals surface area contributed by atoms with Gasteiger partial charge in [0.25, 0.3) is 5.91 Å². The van der Waals surface area contributed by atoms with Crippen LogP contribution in [0.2, 0.25) is 0 Å². The lowest BCUT2D eigenvalue weighted by Gasteiger charge is -2.08. The molecule has 0 atom stereocenters. The second-order valence-corrected chi connectivity index (χ2v) is 5.22. The monoisotopic (exact) mass is 286 g/mol. The van der Waals surface area contributed by atoms with E-state index in [2.05, 4.69) is 10.4 Å². The molecule has 3 N–H and O–H groups in total. The van der Waals surface area contributed by atoms with Gasteiger partial charge in [-0.15, -0.1) is 0 Å². The van der Waals surface area contributed by atoms with Gasteiger partial charge >= 0.3 is 0 Å². The number of aryl methyl sites for hydroxylation is 3. The molecule has 0 aliphatic heterocycles. The lowest BCUT2D eigenvalue weighted by atomic mass is 10.1. The Morgan fingerprint density at radius 2 is 2.14 bits per heavy atom. The van der Waals surface area contributed by atoms with E-state index in [9.17, 15) is 4.79 Å². The molecule has 1 amide bonds. The third kappa shape index (κ3) is 3.49. The first kappa shape index (κ1) is 15.3. The van der Waals surface area contributed by atoms with Crippen LogP contribution in [0.1, 0.15) is 33.7 Å². The minimum Gasteiger partial charge on any atom is -0.330 e. The average Bonchev–Trinajstić information content (AvgIpc) is 2.70. The molecule has 0 saturated heterocycles. The van der Waals surface area contributed by atoms with Crippen molar-refractivity contribution >= 4 is 11.6 Å². The van der Waals surface area contributed by atoms with Crippen LogP contribution in [0.4, 0.5) is 5.69 Å². The smallest absolute Gasteiger partial charge is 0.259 e. The summed E-state index contributed by atoms with van der Waals surface area (Å²) in [7, 11) is 1.84. The van der Waals surface area contributed by atoms with Gasteiger partial charge in [0.05, 0.1) is 11.3 Å². The maximum absolute atomic E-state index is 12.4. The molecule has 0 aliphatic rings. The van der Waals surface area contributed by atoms with Crippen molar-refractivity contribution in [3.63, 3.8) is 0 Å². The maximum Gasteiger partial charge on any atom is 0.259 e. The zero-order valence-electron chi connectivity index (χ0n) is 12.8. The van der Waals surface area contributed by atoms with Crippen molar-refractivity contribution < 1.29 is 4.79 Å². The fraction of sp³-hybridized carbons (Fsp3) is 0.375. The number of benzene rings is 1. The number of nitrogens with one attached hydrogen (secondary N) is 1. The summed E-state index contributed by atoms with van der Waals surface area (Å²) in [6, 6.07) is 7.88. The zero-order valence-corrected chi connectivity index (χ0v) is 12.8. The molecule has 112 valence electrons. The topological polar surface area (TPSA) is 72.9 Å². The number of carbonyl (C=O) groups excluding carboxylic acids is 1. The molecule has 2 rings (SSSR count). The van der Waals surface area contributed by atoms with Crippen molar-refractivity contribution in [2.24, 2.45) is 12.8 Å². The molecular formula is C16H22N4O. The molecule has 5 nitrogen and oxygen atoms in total. The fourth-order valence-corrected chi connectivity index (χ4v) is 2.41. The van der Waals surface area contributed by atoms with Gasteiger partial charge in [0.15, 0.2) is 0 Å². The summed E-state index contributed by atoms with van der Waals surface area (Å²) in [5.41, 5.74) is 9.76. The summed E-state index contributed by atoms with van der Waals surface area (Å²) >= 11 is 0. The number of hydrogen-bond donors (Lipinski definition) is 2. The normalized spacial score (nSPS) is 10.7. The average molecular weight is 286 g/mol. The first-order chi connectivity index (χ1) is 10.0. The summed E-state index contributed by atoms with van der Waals surface area (Å²) in [5, 5.41) is 7.22. The van der Waals surface area contributed by atoms with Gasteiger partial charge in [-0.05, 0) is 50.9 Å². The van der Waals surface area contributed by atoms with Gasteiger partial charge in [0, 0.05) is 18.4 Å². The molecule has 0 bridgehead atoms. The third-order valence-electron chi connectivity index (χ3n) is 3.59. The van der Waals surface area contributed by atoms with Gasteiger partial charge in [-0.2, -0.15) is 5.10 Å². The number of nitrogens with two attached hydrogens (primary N) is 1. The largest absolute Gasteiger partial charge is 0.330 e. The van der Waals surface area contributed by atoms with E-state index in [0.29, 0.717) is 12.1 Å². The van der Waals surface area contributed by atoms with Crippen LogP contribution in [0.25, 0.3) is 0 Å². The van der Waals surface area contributed by atoms with Crippen molar-refractivity contribution in [1.29, 1.82) is 0 Å². The highest BCUT2D eigenvalue weighted by molar-refractivity contribution is 6.05. The van der Waals surface area contributed by atoms with Gasteiger partial charge in [-0.3, -0.25) is 9.48 Å². The van der Waals surface area contributed by atoms with Gasteiger partial charge in [0.2, 0.25) is 0 Å². The van der Waals surface area contributed by atoms with Crippen LogP contribution < -0.4 is 11.1 Å². The Morgan fingerprint density at radius 1 is 1.38 bits per heavy atom. The standard InChI is InChI=1S/C16H22N4O/c1-11-15(12(2)20(3)19-11)16(21)18-14-8-4-6-13(10-14)7-5-9-17/h4,6,8,10H,5,7,9,17H2,1-3H3,(H,18,21). The van der Waals surface area contributed by atoms with Crippen molar-refractivity contribution in [2.45, 2.75) is 26.7 Å². The highest BCUT2D eigenvalue weighted by Gasteiger charge is 2.17. The molecule has 0 fully saturated rings. The first-order valence-electron chi connectivity index (χ1n) is 7.13. The van der Waals surface area contributed by atoms with Gasteiger partial charge in [0.1, 0.15) is 0 Å². The summed E-state index contributed by atoms with van der Waals surface area (Å²) < 4.78 is 1.72. The van der Waals surface area contributed by atoms with Crippen LogP contribution in [0, 0.1) is 13.8 Å². The zero-order chi connectivity index (χ0) is 15.4. The Kier molecular flexibility index (Phi) is 4.75. The number of amides is 1. The minimum absolute atomic E-state index is 0.117. The number of carbonyl (C=O) groups is 1. The second-order valence-electron chi connectivity index (χ2n) is 5.22. The van der Waals surface area contributed by atoms with E-state index < -0.39 is 0 Å². The second kappa shape index (κ2) is 6.54. The molecular weight excluding hydrogens is 264 g/mol. The number of anilines is 1. The van der Waals surface area contributed by atoms with Crippen LogP contribution in [-0.4, -0.2) is 22.2 Å². The first-order valence-corrected chi connectivity index (χ1v) is 7.13. The summed E-state index contributed by atoms with van der Waals surface area (Å²) in [5.74, 6) is -0.117. The number of nitrogens with zero attached hydrogens (tertiary/aromatic N) is 2. The van der Waals surface area contributed by atoms with E-state index in [-0.39, 0.29) is 5.91 Å². The molecule has 0 aliphatic carbocycles. The van der Waals surface area contributed by atoms with Crippen molar-refractivity contribution in [3.8, 4) is 0 Å². The minimum atomic E-state index is -0.117. The molecule has 2 aromatic rings. The van der Waals surface area contributed by atoms with Gasteiger partial charge < -0.3 is 11.1 Å². The summed E-state index contributed by atoms with van der Waals surface area (Å²) in [4.78, 5) is 12.4. The lowest BCUT2D eigenvalue weighted by Crippen LogP contribution is -2.14. The van der Waals surface area contributed by atoms with Crippen molar-refractivity contribution in [1.82, 2.24) is 9.78 Å². The molecule has 0 radical (unpaired) electrons. The van der Waals surface area contributed by atoms with E-state index in [1.807, 2.05) is 45.2 Å². The summed E-state index contributed by atoms with van der Waals surface area (Å²) in [6.07, 6.45) is 1.86. The molecule has 5 heteroatoms. The van der Waals surface area contributed by atoms with E-state index in [4.69, 9.17) is 5.73 Å². The predicted molar refractivity (Wildman–Crippen MR) is 84.5 cm³/mol. The predicted octanol–water partition coefficient (Wildman–Crippen LogP) is 2.18. The SMILES string of the molecule is Cc1nn(C)c(C)c1C(=O)Nc1cccc(CCCN)c1. The molecule has 1 heterocycles. The molecule has 0 spiro atoms. The maximum atomic E-state index is 12.4. The highest BCUT2D eigenvalue weighted by Crippen LogP contribution is 2.17. The Hall–Kier alpha value is -2.14. The highest BCUT2D eigenvalue weighted by atomic mass is 16.1. The van der Waals surface area contributed by atoms with E-state index in [1.54, 1.807) is 4.68 Å². The quantitative estimate of drug-likeness (QED) is 0.885. The van der Waals surface area contributed by atoms with Crippen LogP contribution >= 0.6 is 0 Å². The lowest BCUT2D eigenvalue weighted by molar-refractivity contribution is 0.102. The van der Waals surface area contributed by atoms with Crippen molar-refractivity contribution in [2.75, 3.05) is 11.9 Å². The molecule has 1 aromatic carbocycles. The molecule has 0 unspecified atom stereocenters. The van der Waals surface area contributed by atoms with Crippen LogP contribution in [0.15, 0.2) is 24.3 Å². The summed E-state index contributed by atoms with van der Waals surface area (Å²) in [6.45, 7) is 4.41. The van der Waals surface area contributed by atoms with E-state index >= 15 is 0 Å². The Morgan fingerprint density at radius 3 is 2.76 bits per heavy atom. The molecule has 0 saturated carbocycles. The van der Waals surface area contributed by atoms with Gasteiger partial charge in [-0.25, -0.2) is 0 Å². The Balaban J connectivity index is 2.16. The fourth-order valence-electron chi connectivity index (χ4n) is 2.41. The third-order valence-corrected chi connectivity index (χ3v) is 3.59. The molecule has 21 heavy (non-hydrogen) atoms. The number of hydrogen-bond acceptors (Lipinski definition) is 3. The van der Waals surface area contributed by atoms with Crippen LogP contribution in [0.3, 0.4) is 0 Å². The Labute approximate surface area is 125 Å². The van der Waals surface area contributed by atoms with E-state index in [0.717, 1.165) is 29.9 Å². The van der Waals surface area contributed by atoms with Crippen LogP contribution in [0.5, 0.6) is 0 Å². The Bertz CT molecular complexity index is 646. The van der Waals surface area contributed by atoms with Gasteiger partial charge in [-0.1, -0.05) is 12.1 Å². The van der Waals surface area contributed by atoms with E-state index in [1.165, 1.54) is 5.56 Å². The van der Waals surface area contributed by atoms with Crippen molar-refractivity contribution in [3.05, 3.63) is 46.8 Å². The van der Waals surface area contributed by atoms with Crippen LogP contribution in [-0.2, 0) is 13.5 Å².